The van der Waals surface area contributed by atoms with Crippen LogP contribution in [0.5, 0.6) is 0 Å². The summed E-state index contributed by atoms with van der Waals surface area (Å²) in [6.07, 6.45) is 1.99. The average molecular weight is 216 g/mol. The Bertz CT molecular complexity index is 205. The van der Waals surface area contributed by atoms with E-state index in [0.29, 0.717) is 6.47 Å². The molecule has 0 aromatic heterocycles. The van der Waals surface area contributed by atoms with Crippen molar-refractivity contribution in [1.82, 2.24) is 5.32 Å². The Balaban J connectivity index is 0.000000265. The molecule has 1 aliphatic heterocycles. The second kappa shape index (κ2) is 6.40. The summed E-state index contributed by atoms with van der Waals surface area (Å²) in [6, 6.07) is -0.0463. The van der Waals surface area contributed by atoms with Gasteiger partial charge in [0.1, 0.15) is 5.60 Å². The summed E-state index contributed by atoms with van der Waals surface area (Å²) in [4.78, 5) is 20.0. The lowest BCUT2D eigenvalue weighted by atomic mass is 10.2. The number of nitrogens with two attached hydrogens (primary N) is 1. The van der Waals surface area contributed by atoms with Crippen LogP contribution in [-0.4, -0.2) is 30.6 Å². The number of primary amides is 1. The minimum atomic E-state index is -0.318. The maximum Gasteiger partial charge on any atom is 0.293 e. The van der Waals surface area contributed by atoms with Crippen molar-refractivity contribution in [2.45, 2.75) is 45.3 Å². The Hall–Kier alpha value is -1.10. The Morgan fingerprint density at radius 2 is 2.13 bits per heavy atom. The van der Waals surface area contributed by atoms with Crippen LogP contribution >= 0.6 is 0 Å². The lowest BCUT2D eigenvalue weighted by Crippen LogP contribution is -2.36. The number of amides is 1. The first-order chi connectivity index (χ1) is 6.87. The van der Waals surface area contributed by atoms with Crippen LogP contribution < -0.4 is 11.1 Å². The van der Waals surface area contributed by atoms with Crippen LogP contribution in [0.4, 0.5) is 0 Å². The molecule has 0 unspecified atom stereocenters. The van der Waals surface area contributed by atoms with Crippen LogP contribution in [0.2, 0.25) is 0 Å². The zero-order valence-electron chi connectivity index (χ0n) is 9.58. The number of carbonyl (C=O) groups excluding carboxylic acids is 2. The van der Waals surface area contributed by atoms with Gasteiger partial charge in [-0.3, -0.25) is 9.59 Å². The summed E-state index contributed by atoms with van der Waals surface area (Å²) >= 11 is 0. The van der Waals surface area contributed by atoms with E-state index in [9.17, 15) is 9.59 Å². The van der Waals surface area contributed by atoms with Gasteiger partial charge in [0.2, 0.25) is 5.91 Å². The van der Waals surface area contributed by atoms with Crippen molar-refractivity contribution in [2.24, 2.45) is 5.73 Å². The molecule has 15 heavy (non-hydrogen) atoms. The van der Waals surface area contributed by atoms with Gasteiger partial charge in [-0.15, -0.1) is 0 Å². The van der Waals surface area contributed by atoms with E-state index >= 15 is 0 Å². The van der Waals surface area contributed by atoms with Gasteiger partial charge in [0, 0.05) is 0 Å². The molecule has 1 atom stereocenters. The fraction of sp³-hybridized carbons (Fsp3) is 0.800. The highest BCUT2D eigenvalue weighted by Crippen LogP contribution is 2.03. The van der Waals surface area contributed by atoms with E-state index in [0.717, 1.165) is 19.4 Å². The molecule has 1 amide bonds. The van der Waals surface area contributed by atoms with Crippen LogP contribution in [0, 0.1) is 0 Å². The maximum absolute atomic E-state index is 10.4. The minimum absolute atomic E-state index is 0.0463. The number of nitrogens with one attached hydrogen (secondary N) is 1. The molecule has 1 fully saturated rings. The molecule has 0 aliphatic carbocycles. The van der Waals surface area contributed by atoms with E-state index in [2.05, 4.69) is 10.1 Å². The fourth-order valence-electron chi connectivity index (χ4n) is 1.07. The molecule has 1 aliphatic rings. The molecule has 1 saturated heterocycles. The third-order valence-corrected chi connectivity index (χ3v) is 1.81. The minimum Gasteiger partial charge on any atom is -0.462 e. The topological polar surface area (TPSA) is 81.4 Å². The summed E-state index contributed by atoms with van der Waals surface area (Å²) in [5.74, 6) is -0.220. The SMILES string of the molecule is CC(C)(C)OC=O.NC(=O)[C@@H]1CCCN1. The molecule has 1 heterocycles. The zero-order chi connectivity index (χ0) is 11.9. The highest BCUT2D eigenvalue weighted by atomic mass is 16.5. The molecule has 3 N–H and O–H groups in total. The normalized spacial score (nSPS) is 20.1. The number of carbonyl (C=O) groups is 2. The quantitative estimate of drug-likeness (QED) is 0.645. The molecular weight excluding hydrogens is 196 g/mol. The molecule has 0 aromatic rings. The number of ether oxygens (including phenoxy) is 1. The molecule has 0 radical (unpaired) electrons. The van der Waals surface area contributed by atoms with Crippen LogP contribution in [0.15, 0.2) is 0 Å². The maximum atomic E-state index is 10.4. The molecule has 5 nitrogen and oxygen atoms in total. The van der Waals surface area contributed by atoms with Crippen molar-refractivity contribution < 1.29 is 14.3 Å². The van der Waals surface area contributed by atoms with E-state index in [1.807, 2.05) is 20.8 Å². The van der Waals surface area contributed by atoms with Gasteiger partial charge in [-0.1, -0.05) is 0 Å². The summed E-state index contributed by atoms with van der Waals surface area (Å²) in [6.45, 7) is 6.86. The summed E-state index contributed by atoms with van der Waals surface area (Å²) < 4.78 is 4.55. The highest BCUT2D eigenvalue weighted by Gasteiger charge is 2.18. The van der Waals surface area contributed by atoms with Crippen molar-refractivity contribution in [2.75, 3.05) is 6.54 Å². The smallest absolute Gasteiger partial charge is 0.293 e. The number of rotatable bonds is 2. The first-order valence-corrected chi connectivity index (χ1v) is 5.01. The Kier molecular flexibility index (Phi) is 5.93. The van der Waals surface area contributed by atoms with Crippen molar-refractivity contribution >= 4 is 12.4 Å². The lowest BCUT2D eigenvalue weighted by Gasteiger charge is -2.14. The zero-order valence-corrected chi connectivity index (χ0v) is 9.58. The van der Waals surface area contributed by atoms with Gasteiger partial charge in [-0.05, 0) is 40.2 Å². The van der Waals surface area contributed by atoms with Gasteiger partial charge < -0.3 is 15.8 Å². The van der Waals surface area contributed by atoms with Crippen LogP contribution in [0.25, 0.3) is 0 Å². The van der Waals surface area contributed by atoms with Crippen molar-refractivity contribution in [1.29, 1.82) is 0 Å². The molecule has 1 rings (SSSR count). The van der Waals surface area contributed by atoms with E-state index < -0.39 is 0 Å². The average Bonchev–Trinajstić information content (AvgIpc) is 2.53. The largest absolute Gasteiger partial charge is 0.462 e. The molecule has 0 spiro atoms. The summed E-state index contributed by atoms with van der Waals surface area (Å²) in [7, 11) is 0. The Morgan fingerprint density at radius 3 is 2.27 bits per heavy atom. The highest BCUT2D eigenvalue weighted by molar-refractivity contribution is 5.80. The predicted octanol–water partition coefficient (Wildman–Crippen LogP) is 0.182. The van der Waals surface area contributed by atoms with Crippen molar-refractivity contribution in [3.63, 3.8) is 0 Å². The Morgan fingerprint density at radius 1 is 1.53 bits per heavy atom. The molecule has 0 saturated carbocycles. The van der Waals surface area contributed by atoms with Gasteiger partial charge in [-0.25, -0.2) is 0 Å². The number of hydrogen-bond donors (Lipinski definition) is 2. The second-order valence-electron chi connectivity index (χ2n) is 4.38. The first kappa shape index (κ1) is 13.9. The lowest BCUT2D eigenvalue weighted by molar-refractivity contribution is -0.138. The van der Waals surface area contributed by atoms with Crippen molar-refractivity contribution in [3.05, 3.63) is 0 Å². The second-order valence-corrected chi connectivity index (χ2v) is 4.38. The van der Waals surface area contributed by atoms with Crippen LogP contribution in [0.3, 0.4) is 0 Å². The van der Waals surface area contributed by atoms with Gasteiger partial charge >= 0.3 is 0 Å². The van der Waals surface area contributed by atoms with Gasteiger partial charge in [0.15, 0.2) is 0 Å². The predicted molar refractivity (Wildman–Crippen MR) is 57.1 cm³/mol. The fourth-order valence-corrected chi connectivity index (χ4v) is 1.07. The standard InChI is InChI=1S/C5H10N2O.C5H10O2/c6-5(8)4-2-1-3-7-4;1-5(2,3)7-4-6/h4,7H,1-3H2,(H2,6,8);4H,1-3H3/t4-;/m0./s1. The third-order valence-electron chi connectivity index (χ3n) is 1.81. The molecule has 88 valence electrons. The monoisotopic (exact) mass is 216 g/mol. The van der Waals surface area contributed by atoms with E-state index in [-0.39, 0.29) is 17.6 Å². The third kappa shape index (κ3) is 7.93. The van der Waals surface area contributed by atoms with Crippen LogP contribution in [-0.2, 0) is 14.3 Å². The van der Waals surface area contributed by atoms with E-state index in [1.54, 1.807) is 0 Å². The Labute approximate surface area is 90.4 Å². The van der Waals surface area contributed by atoms with Crippen LogP contribution in [0.1, 0.15) is 33.6 Å². The van der Waals surface area contributed by atoms with Gasteiger partial charge in [0.05, 0.1) is 6.04 Å². The number of hydrogen-bond acceptors (Lipinski definition) is 4. The molecular formula is C10H20N2O3. The van der Waals surface area contributed by atoms with Crippen molar-refractivity contribution in [3.8, 4) is 0 Å². The molecule has 5 heteroatoms. The van der Waals surface area contributed by atoms with E-state index in [4.69, 9.17) is 5.73 Å². The summed E-state index contributed by atoms with van der Waals surface area (Å²) in [5.41, 5.74) is 4.68. The first-order valence-electron chi connectivity index (χ1n) is 5.01. The van der Waals surface area contributed by atoms with E-state index in [1.165, 1.54) is 0 Å². The van der Waals surface area contributed by atoms with Gasteiger partial charge in [-0.2, -0.15) is 0 Å². The molecule has 0 aromatic carbocycles. The summed E-state index contributed by atoms with van der Waals surface area (Å²) in [5, 5.41) is 2.98. The van der Waals surface area contributed by atoms with Gasteiger partial charge in [0.25, 0.3) is 6.47 Å². The molecule has 0 bridgehead atoms.